The molecular weight excluding hydrogens is 285 g/mol. The Labute approximate surface area is 129 Å². The van der Waals surface area contributed by atoms with Gasteiger partial charge >= 0.3 is 0 Å². The largest absolute Gasteiger partial charge is 0.460 e. The molecule has 1 saturated carbocycles. The SMILES string of the molecule is CSC1CCC(NCc2ccc(-c3ccc(F)cc3)o2)C1. The van der Waals surface area contributed by atoms with E-state index in [1.807, 2.05) is 23.9 Å². The quantitative estimate of drug-likeness (QED) is 0.883. The summed E-state index contributed by atoms with van der Waals surface area (Å²) in [5.41, 5.74) is 0.908. The highest BCUT2D eigenvalue weighted by Gasteiger charge is 2.23. The lowest BCUT2D eigenvalue weighted by molar-refractivity contribution is 0.452. The monoisotopic (exact) mass is 305 g/mol. The van der Waals surface area contributed by atoms with E-state index in [0.29, 0.717) is 6.04 Å². The van der Waals surface area contributed by atoms with Gasteiger partial charge in [0.05, 0.1) is 6.54 Å². The second-order valence-electron chi connectivity index (χ2n) is 5.52. The summed E-state index contributed by atoms with van der Waals surface area (Å²) in [6.45, 7) is 0.757. The van der Waals surface area contributed by atoms with Gasteiger partial charge in [0.15, 0.2) is 0 Å². The molecule has 1 aliphatic rings. The van der Waals surface area contributed by atoms with Gasteiger partial charge in [-0.15, -0.1) is 0 Å². The van der Waals surface area contributed by atoms with Gasteiger partial charge in [0.2, 0.25) is 0 Å². The molecule has 2 aromatic rings. The van der Waals surface area contributed by atoms with Crippen molar-refractivity contribution in [2.45, 2.75) is 37.1 Å². The Kier molecular flexibility index (Phi) is 4.66. The van der Waals surface area contributed by atoms with E-state index < -0.39 is 0 Å². The highest BCUT2D eigenvalue weighted by Crippen LogP contribution is 2.28. The molecule has 0 spiro atoms. The van der Waals surface area contributed by atoms with Crippen molar-refractivity contribution in [1.29, 1.82) is 0 Å². The minimum absolute atomic E-state index is 0.225. The van der Waals surface area contributed by atoms with E-state index in [2.05, 4.69) is 11.6 Å². The van der Waals surface area contributed by atoms with Crippen LogP contribution < -0.4 is 5.32 Å². The summed E-state index contributed by atoms with van der Waals surface area (Å²) in [6, 6.07) is 10.9. The third kappa shape index (κ3) is 3.69. The molecule has 1 aromatic carbocycles. The van der Waals surface area contributed by atoms with Crippen LogP contribution in [0.2, 0.25) is 0 Å². The van der Waals surface area contributed by atoms with Gasteiger partial charge in [0.25, 0.3) is 0 Å². The molecule has 21 heavy (non-hydrogen) atoms. The molecule has 1 fully saturated rings. The molecule has 1 heterocycles. The summed E-state index contributed by atoms with van der Waals surface area (Å²) in [7, 11) is 0. The van der Waals surface area contributed by atoms with Gasteiger partial charge in [0.1, 0.15) is 17.3 Å². The number of furan rings is 1. The second kappa shape index (κ2) is 6.67. The van der Waals surface area contributed by atoms with E-state index in [4.69, 9.17) is 4.42 Å². The number of nitrogens with one attached hydrogen (secondary N) is 1. The number of rotatable bonds is 5. The summed E-state index contributed by atoms with van der Waals surface area (Å²) in [5.74, 6) is 1.50. The van der Waals surface area contributed by atoms with Gasteiger partial charge < -0.3 is 9.73 Å². The summed E-state index contributed by atoms with van der Waals surface area (Å²) in [6.07, 6.45) is 5.98. The zero-order valence-corrected chi connectivity index (χ0v) is 13.0. The molecule has 0 aliphatic heterocycles. The van der Waals surface area contributed by atoms with E-state index in [1.54, 1.807) is 12.1 Å². The van der Waals surface area contributed by atoms with Crippen molar-refractivity contribution in [3.8, 4) is 11.3 Å². The number of hydrogen-bond acceptors (Lipinski definition) is 3. The maximum Gasteiger partial charge on any atom is 0.134 e. The van der Waals surface area contributed by atoms with E-state index in [9.17, 15) is 4.39 Å². The highest BCUT2D eigenvalue weighted by molar-refractivity contribution is 7.99. The average molecular weight is 305 g/mol. The lowest BCUT2D eigenvalue weighted by Gasteiger charge is -2.11. The lowest BCUT2D eigenvalue weighted by Crippen LogP contribution is -2.25. The van der Waals surface area contributed by atoms with Crippen molar-refractivity contribution in [2.24, 2.45) is 0 Å². The first-order chi connectivity index (χ1) is 10.2. The van der Waals surface area contributed by atoms with Gasteiger partial charge in [0, 0.05) is 16.9 Å². The molecule has 4 heteroatoms. The van der Waals surface area contributed by atoms with Crippen LogP contribution in [0.5, 0.6) is 0 Å². The van der Waals surface area contributed by atoms with E-state index >= 15 is 0 Å². The minimum atomic E-state index is -0.225. The van der Waals surface area contributed by atoms with Crippen molar-refractivity contribution in [2.75, 3.05) is 6.26 Å². The van der Waals surface area contributed by atoms with E-state index in [0.717, 1.165) is 28.9 Å². The normalized spacial score (nSPS) is 21.8. The first-order valence-electron chi connectivity index (χ1n) is 7.35. The third-order valence-electron chi connectivity index (χ3n) is 4.07. The fourth-order valence-corrected chi connectivity index (χ4v) is 3.62. The Bertz CT molecular complexity index is 581. The Morgan fingerprint density at radius 3 is 2.71 bits per heavy atom. The molecule has 0 saturated heterocycles. The van der Waals surface area contributed by atoms with Crippen molar-refractivity contribution in [1.82, 2.24) is 5.32 Å². The van der Waals surface area contributed by atoms with Crippen LogP contribution in [0.3, 0.4) is 0 Å². The van der Waals surface area contributed by atoms with Crippen molar-refractivity contribution in [3.05, 3.63) is 48.0 Å². The van der Waals surface area contributed by atoms with Crippen LogP contribution in [-0.2, 0) is 6.54 Å². The molecule has 1 aliphatic carbocycles. The first kappa shape index (κ1) is 14.7. The van der Waals surface area contributed by atoms with E-state index in [1.165, 1.54) is 31.4 Å². The topological polar surface area (TPSA) is 25.2 Å². The summed E-state index contributed by atoms with van der Waals surface area (Å²) in [4.78, 5) is 0. The molecule has 1 aromatic heterocycles. The predicted octanol–water partition coefficient (Wildman–Crippen LogP) is 4.46. The predicted molar refractivity (Wildman–Crippen MR) is 85.9 cm³/mol. The van der Waals surface area contributed by atoms with Crippen LogP contribution in [-0.4, -0.2) is 17.5 Å². The zero-order valence-electron chi connectivity index (χ0n) is 12.1. The minimum Gasteiger partial charge on any atom is -0.460 e. The Balaban J connectivity index is 1.57. The molecule has 0 amide bonds. The lowest BCUT2D eigenvalue weighted by atomic mass is 10.2. The second-order valence-corrected chi connectivity index (χ2v) is 6.66. The number of thioether (sulfide) groups is 1. The average Bonchev–Trinajstić information content (AvgIpc) is 3.15. The molecule has 2 nitrogen and oxygen atoms in total. The standard InChI is InChI=1S/C17H20FNOS/c1-21-16-8-6-14(10-16)19-11-15-7-9-17(20-15)12-2-4-13(18)5-3-12/h2-5,7,9,14,16,19H,6,8,10-11H2,1H3. The number of halogens is 1. The smallest absolute Gasteiger partial charge is 0.134 e. The molecule has 1 N–H and O–H groups in total. The molecule has 2 atom stereocenters. The van der Waals surface area contributed by atoms with Crippen molar-refractivity contribution < 1.29 is 8.81 Å². The van der Waals surface area contributed by atoms with Crippen LogP contribution in [0.4, 0.5) is 4.39 Å². The van der Waals surface area contributed by atoms with Crippen LogP contribution in [0.15, 0.2) is 40.8 Å². The van der Waals surface area contributed by atoms with Crippen LogP contribution in [0.1, 0.15) is 25.0 Å². The van der Waals surface area contributed by atoms with E-state index in [-0.39, 0.29) is 5.82 Å². The third-order valence-corrected chi connectivity index (χ3v) is 5.17. The zero-order chi connectivity index (χ0) is 14.7. The van der Waals surface area contributed by atoms with Crippen LogP contribution >= 0.6 is 11.8 Å². The van der Waals surface area contributed by atoms with Gasteiger partial charge in [-0.25, -0.2) is 4.39 Å². The first-order valence-corrected chi connectivity index (χ1v) is 8.64. The summed E-state index contributed by atoms with van der Waals surface area (Å²) < 4.78 is 18.8. The van der Waals surface area contributed by atoms with Crippen molar-refractivity contribution >= 4 is 11.8 Å². The summed E-state index contributed by atoms with van der Waals surface area (Å²) >= 11 is 1.97. The molecule has 2 unspecified atom stereocenters. The fraction of sp³-hybridized carbons (Fsp3) is 0.412. The Hall–Kier alpha value is -1.26. The van der Waals surface area contributed by atoms with Gasteiger partial charge in [-0.1, -0.05) is 0 Å². The molecular formula is C17H20FNOS. The highest BCUT2D eigenvalue weighted by atomic mass is 32.2. The van der Waals surface area contributed by atoms with Gasteiger partial charge in [-0.2, -0.15) is 11.8 Å². The fourth-order valence-electron chi connectivity index (χ4n) is 2.83. The van der Waals surface area contributed by atoms with Gasteiger partial charge in [-0.05, 0) is 61.9 Å². The number of hydrogen-bond donors (Lipinski definition) is 1. The van der Waals surface area contributed by atoms with Gasteiger partial charge in [-0.3, -0.25) is 0 Å². The number of benzene rings is 1. The molecule has 0 bridgehead atoms. The Morgan fingerprint density at radius 1 is 1.19 bits per heavy atom. The van der Waals surface area contributed by atoms with Crippen molar-refractivity contribution in [3.63, 3.8) is 0 Å². The van der Waals surface area contributed by atoms with Crippen LogP contribution in [0, 0.1) is 5.82 Å². The summed E-state index contributed by atoms with van der Waals surface area (Å²) in [5, 5.41) is 4.37. The maximum absolute atomic E-state index is 12.9. The van der Waals surface area contributed by atoms with Crippen LogP contribution in [0.25, 0.3) is 11.3 Å². The molecule has 3 rings (SSSR count). The molecule has 0 radical (unpaired) electrons. The maximum atomic E-state index is 12.9. The molecule has 112 valence electrons. The Morgan fingerprint density at radius 2 is 2.00 bits per heavy atom.